The first kappa shape index (κ1) is 16.7. The van der Waals surface area contributed by atoms with Gasteiger partial charge in [-0.1, -0.05) is 30.3 Å². The van der Waals surface area contributed by atoms with Gasteiger partial charge < -0.3 is 4.90 Å². The number of anilines is 1. The molecule has 0 radical (unpaired) electrons. The van der Waals surface area contributed by atoms with Crippen LogP contribution in [-0.2, 0) is 11.3 Å². The Morgan fingerprint density at radius 3 is 2.62 bits per heavy atom. The number of carbonyl (C=O) groups excluding carboxylic acids is 1. The molecule has 0 aliphatic carbocycles. The van der Waals surface area contributed by atoms with E-state index < -0.39 is 0 Å². The number of benzene rings is 2. The van der Waals surface area contributed by atoms with E-state index in [0.717, 1.165) is 23.4 Å². The number of nitrogens with zero attached hydrogens (tertiary/aromatic N) is 2. The van der Waals surface area contributed by atoms with Crippen LogP contribution in [0, 0.1) is 19.7 Å². The fraction of sp³-hybridized carbons (Fsp3) is 0.350. The fourth-order valence-electron chi connectivity index (χ4n) is 3.22. The minimum Gasteiger partial charge on any atom is -0.310 e. The van der Waals surface area contributed by atoms with Crippen LogP contribution in [-0.4, -0.2) is 29.9 Å². The zero-order valence-corrected chi connectivity index (χ0v) is 14.4. The summed E-state index contributed by atoms with van der Waals surface area (Å²) in [6.45, 7) is 7.78. The Kier molecular flexibility index (Phi) is 4.67. The molecular weight excluding hydrogens is 303 g/mol. The first-order chi connectivity index (χ1) is 11.5. The van der Waals surface area contributed by atoms with Crippen LogP contribution < -0.4 is 4.90 Å². The second kappa shape index (κ2) is 6.73. The van der Waals surface area contributed by atoms with Crippen LogP contribution in [0.4, 0.5) is 10.1 Å². The summed E-state index contributed by atoms with van der Waals surface area (Å²) in [4.78, 5) is 16.8. The number of carbonyl (C=O) groups is 1. The van der Waals surface area contributed by atoms with Crippen molar-refractivity contribution in [1.29, 1.82) is 0 Å². The van der Waals surface area contributed by atoms with Gasteiger partial charge in [-0.25, -0.2) is 4.39 Å². The molecule has 1 aliphatic heterocycles. The normalized spacial score (nSPS) is 18.9. The Morgan fingerprint density at radius 2 is 1.88 bits per heavy atom. The van der Waals surface area contributed by atoms with Crippen molar-refractivity contribution in [3.8, 4) is 0 Å². The standard InChI is InChI=1S/C20H23FN2O/c1-14-8-9-15(2)19(12-14)23-11-10-22(16(3)20(23)24)13-17-6-4-5-7-18(17)21/h4-9,12,16H,10-11,13H2,1-3H3/t16-/m1/s1. The summed E-state index contributed by atoms with van der Waals surface area (Å²) in [6, 6.07) is 12.7. The van der Waals surface area contributed by atoms with Crippen molar-refractivity contribution in [2.75, 3.05) is 18.0 Å². The van der Waals surface area contributed by atoms with Crippen molar-refractivity contribution < 1.29 is 9.18 Å². The Bertz CT molecular complexity index is 759. The number of piperazine rings is 1. The third-order valence-corrected chi connectivity index (χ3v) is 4.77. The lowest BCUT2D eigenvalue weighted by molar-refractivity contribution is -0.125. The highest BCUT2D eigenvalue weighted by Crippen LogP contribution is 2.26. The summed E-state index contributed by atoms with van der Waals surface area (Å²) in [5, 5.41) is 0. The van der Waals surface area contributed by atoms with Crippen LogP contribution in [0.15, 0.2) is 42.5 Å². The molecule has 1 heterocycles. The van der Waals surface area contributed by atoms with E-state index in [2.05, 4.69) is 12.1 Å². The van der Waals surface area contributed by atoms with Crippen molar-refractivity contribution in [2.45, 2.75) is 33.4 Å². The van der Waals surface area contributed by atoms with Gasteiger partial charge in [0.1, 0.15) is 5.82 Å². The highest BCUT2D eigenvalue weighted by Gasteiger charge is 2.33. The summed E-state index contributed by atoms with van der Waals surface area (Å²) in [7, 11) is 0. The Balaban J connectivity index is 1.79. The Morgan fingerprint density at radius 1 is 1.12 bits per heavy atom. The lowest BCUT2D eigenvalue weighted by Crippen LogP contribution is -2.55. The minimum atomic E-state index is -0.265. The lowest BCUT2D eigenvalue weighted by Gasteiger charge is -2.39. The predicted octanol–water partition coefficient (Wildman–Crippen LogP) is 3.68. The highest BCUT2D eigenvalue weighted by molar-refractivity contribution is 5.98. The van der Waals surface area contributed by atoms with Gasteiger partial charge in [-0.05, 0) is 44.0 Å². The largest absolute Gasteiger partial charge is 0.310 e. The molecular formula is C20H23FN2O. The Hall–Kier alpha value is -2.20. The zero-order valence-electron chi connectivity index (χ0n) is 14.4. The van der Waals surface area contributed by atoms with Crippen LogP contribution in [0.5, 0.6) is 0 Å². The average Bonchev–Trinajstić information content (AvgIpc) is 2.56. The van der Waals surface area contributed by atoms with Crippen LogP contribution in [0.25, 0.3) is 0 Å². The molecule has 0 N–H and O–H groups in total. The molecule has 2 aromatic rings. The van der Waals surface area contributed by atoms with Crippen LogP contribution >= 0.6 is 0 Å². The first-order valence-corrected chi connectivity index (χ1v) is 8.33. The molecule has 0 aromatic heterocycles. The maximum absolute atomic E-state index is 13.9. The Labute approximate surface area is 142 Å². The van der Waals surface area contributed by atoms with Gasteiger partial charge in [-0.3, -0.25) is 9.69 Å². The smallest absolute Gasteiger partial charge is 0.244 e. The lowest BCUT2D eigenvalue weighted by atomic mass is 10.1. The van der Waals surface area contributed by atoms with Gasteiger partial charge in [0.2, 0.25) is 5.91 Å². The molecule has 4 heteroatoms. The summed E-state index contributed by atoms with van der Waals surface area (Å²) in [5.74, 6) is -0.139. The predicted molar refractivity (Wildman–Crippen MR) is 94.5 cm³/mol. The number of aryl methyl sites for hydroxylation is 2. The summed E-state index contributed by atoms with van der Waals surface area (Å²) < 4.78 is 13.9. The second-order valence-electron chi connectivity index (χ2n) is 6.52. The summed E-state index contributed by atoms with van der Waals surface area (Å²) >= 11 is 0. The number of amides is 1. The van der Waals surface area contributed by atoms with E-state index in [-0.39, 0.29) is 17.8 Å². The van der Waals surface area contributed by atoms with E-state index in [0.29, 0.717) is 18.7 Å². The molecule has 1 fully saturated rings. The maximum atomic E-state index is 13.9. The third-order valence-electron chi connectivity index (χ3n) is 4.77. The fourth-order valence-corrected chi connectivity index (χ4v) is 3.22. The first-order valence-electron chi connectivity index (χ1n) is 8.33. The number of hydrogen-bond acceptors (Lipinski definition) is 2. The molecule has 2 aromatic carbocycles. The van der Waals surface area contributed by atoms with E-state index in [1.165, 1.54) is 6.07 Å². The topological polar surface area (TPSA) is 23.6 Å². The van der Waals surface area contributed by atoms with Gasteiger partial charge >= 0.3 is 0 Å². The van der Waals surface area contributed by atoms with Crippen molar-refractivity contribution in [1.82, 2.24) is 4.90 Å². The van der Waals surface area contributed by atoms with Crippen LogP contribution in [0.3, 0.4) is 0 Å². The van der Waals surface area contributed by atoms with Crippen LogP contribution in [0.1, 0.15) is 23.6 Å². The van der Waals surface area contributed by atoms with Gasteiger partial charge in [0, 0.05) is 30.9 Å². The number of halogens is 1. The molecule has 0 spiro atoms. The summed E-state index contributed by atoms with van der Waals surface area (Å²) in [5.41, 5.74) is 3.86. The van der Waals surface area contributed by atoms with Gasteiger partial charge in [0.05, 0.1) is 6.04 Å². The van der Waals surface area contributed by atoms with Crippen molar-refractivity contribution in [3.05, 3.63) is 65.0 Å². The van der Waals surface area contributed by atoms with Crippen molar-refractivity contribution in [2.24, 2.45) is 0 Å². The molecule has 3 nitrogen and oxygen atoms in total. The molecule has 1 amide bonds. The zero-order chi connectivity index (χ0) is 17.3. The van der Waals surface area contributed by atoms with Gasteiger partial charge in [0.15, 0.2) is 0 Å². The molecule has 1 aliphatic rings. The third kappa shape index (κ3) is 3.20. The quantitative estimate of drug-likeness (QED) is 0.859. The molecule has 0 bridgehead atoms. The van der Waals surface area contributed by atoms with E-state index in [1.54, 1.807) is 12.1 Å². The van der Waals surface area contributed by atoms with Crippen LogP contribution in [0.2, 0.25) is 0 Å². The molecule has 24 heavy (non-hydrogen) atoms. The maximum Gasteiger partial charge on any atom is 0.244 e. The van der Waals surface area contributed by atoms with E-state index in [4.69, 9.17) is 0 Å². The molecule has 1 atom stereocenters. The van der Waals surface area contributed by atoms with E-state index in [9.17, 15) is 9.18 Å². The van der Waals surface area contributed by atoms with Crippen molar-refractivity contribution >= 4 is 11.6 Å². The average molecular weight is 326 g/mol. The van der Waals surface area contributed by atoms with Gasteiger partial charge in [-0.2, -0.15) is 0 Å². The summed E-state index contributed by atoms with van der Waals surface area (Å²) in [6.07, 6.45) is 0. The molecule has 126 valence electrons. The second-order valence-corrected chi connectivity index (χ2v) is 6.52. The van der Waals surface area contributed by atoms with Crippen molar-refractivity contribution in [3.63, 3.8) is 0 Å². The van der Waals surface area contributed by atoms with Gasteiger partial charge in [-0.15, -0.1) is 0 Å². The van der Waals surface area contributed by atoms with E-state index >= 15 is 0 Å². The molecule has 0 saturated carbocycles. The molecule has 3 rings (SSSR count). The van der Waals surface area contributed by atoms with Gasteiger partial charge in [0.25, 0.3) is 0 Å². The van der Waals surface area contributed by atoms with E-state index in [1.807, 2.05) is 42.7 Å². The highest BCUT2D eigenvalue weighted by atomic mass is 19.1. The SMILES string of the molecule is Cc1ccc(C)c(N2CCN(Cc3ccccc3F)[C@H](C)C2=O)c1. The number of rotatable bonds is 3. The minimum absolute atomic E-state index is 0.0753. The monoisotopic (exact) mass is 326 g/mol. The number of hydrogen-bond donors (Lipinski definition) is 0. The molecule has 1 saturated heterocycles. The molecule has 0 unspecified atom stereocenters.